The van der Waals surface area contributed by atoms with Crippen molar-refractivity contribution >= 4 is 0 Å². The Bertz CT molecular complexity index is 178. The van der Waals surface area contributed by atoms with Crippen molar-refractivity contribution in [3.63, 3.8) is 0 Å². The van der Waals surface area contributed by atoms with E-state index in [0.29, 0.717) is 0 Å². The fraction of sp³-hybridized carbons (Fsp3) is 0.786. The lowest BCUT2D eigenvalue weighted by Crippen LogP contribution is -2.19. The van der Waals surface area contributed by atoms with Crippen LogP contribution in [-0.4, -0.2) is 25.0 Å². The van der Waals surface area contributed by atoms with Crippen LogP contribution in [0.2, 0.25) is 0 Å². The molecule has 1 heteroatoms. The summed E-state index contributed by atoms with van der Waals surface area (Å²) < 4.78 is 0. The molecule has 0 amide bonds. The van der Waals surface area contributed by atoms with Crippen molar-refractivity contribution in [3.05, 3.63) is 18.1 Å². The van der Waals surface area contributed by atoms with E-state index in [9.17, 15) is 0 Å². The van der Waals surface area contributed by atoms with E-state index in [1.807, 2.05) is 0 Å². The summed E-state index contributed by atoms with van der Waals surface area (Å²) in [6.07, 6.45) is 11.5. The lowest BCUT2D eigenvalue weighted by atomic mass is 9.83. The highest BCUT2D eigenvalue weighted by atomic mass is 15.1. The molecule has 1 saturated carbocycles. The monoisotopic (exact) mass is 208 g/mol. The summed E-state index contributed by atoms with van der Waals surface area (Å²) in [5, 5.41) is 0. The molecule has 0 aromatic rings. The summed E-state index contributed by atoms with van der Waals surface area (Å²) in [6, 6.07) is 0. The first-order valence-corrected chi connectivity index (χ1v) is 6.39. The summed E-state index contributed by atoms with van der Waals surface area (Å²) in [5.74, 6) is 2.55. The lowest BCUT2D eigenvalue weighted by molar-refractivity contribution is 0.368. The van der Waals surface area contributed by atoms with E-state index in [-0.39, 0.29) is 0 Å². The quantitative estimate of drug-likeness (QED) is 0.623. The van der Waals surface area contributed by atoms with E-state index in [1.165, 1.54) is 38.6 Å². The fourth-order valence-corrected chi connectivity index (χ4v) is 2.23. The van der Waals surface area contributed by atoms with E-state index in [4.69, 9.17) is 0 Å². The number of rotatable bonds is 5. The summed E-state index contributed by atoms with van der Waals surface area (Å²) >= 11 is 0. The van der Waals surface area contributed by atoms with E-state index < -0.39 is 0 Å². The molecule has 1 nitrogen and oxygen atoms in total. The van der Waals surface area contributed by atoms with Gasteiger partial charge in [-0.3, -0.25) is 0 Å². The van der Waals surface area contributed by atoms with Crippen LogP contribution in [0.3, 0.4) is 0 Å². The van der Waals surface area contributed by atoms with Gasteiger partial charge in [0.15, 0.2) is 0 Å². The fourth-order valence-electron chi connectivity index (χ4n) is 2.23. The van der Waals surface area contributed by atoms with Gasteiger partial charge in [-0.2, -0.15) is 0 Å². The first kappa shape index (κ1) is 12.8. The molecule has 0 aromatic heterocycles. The first-order chi connectivity index (χ1) is 7.22. The highest BCUT2D eigenvalue weighted by Crippen LogP contribution is 2.30. The Balaban J connectivity index is 2.14. The molecule has 0 saturated heterocycles. The molecule has 1 fully saturated rings. The normalized spacial score (nSPS) is 20.5. The topological polar surface area (TPSA) is 3.24 Å². The van der Waals surface area contributed by atoms with Crippen molar-refractivity contribution in [1.82, 2.24) is 4.90 Å². The second-order valence-electron chi connectivity index (χ2n) is 4.98. The van der Waals surface area contributed by atoms with Crippen molar-refractivity contribution in [2.45, 2.75) is 46.0 Å². The van der Waals surface area contributed by atoms with Crippen molar-refractivity contribution in [2.24, 2.45) is 5.92 Å². The van der Waals surface area contributed by atoms with E-state index in [0.717, 1.165) is 12.5 Å². The Hall–Kier alpha value is -0.300. The SMILES string of the molecule is CCCN(C)CC=CC1CC[C](C)CC1. The molecule has 0 unspecified atom stereocenters. The molecule has 0 heterocycles. The number of hydrogen-bond donors (Lipinski definition) is 0. The van der Waals surface area contributed by atoms with E-state index in [1.54, 1.807) is 5.92 Å². The molecule has 1 aliphatic carbocycles. The van der Waals surface area contributed by atoms with Crippen LogP contribution in [0.1, 0.15) is 46.0 Å². The zero-order valence-electron chi connectivity index (χ0n) is 10.6. The highest BCUT2D eigenvalue weighted by molar-refractivity contribution is 4.98. The smallest absolute Gasteiger partial charge is 0.0160 e. The summed E-state index contributed by atoms with van der Waals surface area (Å²) in [7, 11) is 2.20. The molecule has 1 aliphatic rings. The third kappa shape index (κ3) is 5.36. The second kappa shape index (κ2) is 7.05. The summed E-state index contributed by atoms with van der Waals surface area (Å²) in [5.41, 5.74) is 0. The van der Waals surface area contributed by atoms with Gasteiger partial charge in [0, 0.05) is 6.54 Å². The predicted octanol–water partition coefficient (Wildman–Crippen LogP) is 3.67. The third-order valence-electron chi connectivity index (χ3n) is 3.31. The molecular weight excluding hydrogens is 182 g/mol. The number of nitrogens with zero attached hydrogens (tertiary/aromatic N) is 1. The minimum Gasteiger partial charge on any atom is -0.303 e. The second-order valence-corrected chi connectivity index (χ2v) is 4.98. The molecule has 0 aromatic carbocycles. The molecule has 0 spiro atoms. The zero-order chi connectivity index (χ0) is 11.1. The Morgan fingerprint density at radius 3 is 2.60 bits per heavy atom. The molecule has 15 heavy (non-hydrogen) atoms. The van der Waals surface area contributed by atoms with Crippen molar-refractivity contribution in [2.75, 3.05) is 20.1 Å². The number of likely N-dealkylation sites (N-methyl/N-ethyl adjacent to an activating group) is 1. The molecule has 1 rings (SSSR count). The highest BCUT2D eigenvalue weighted by Gasteiger charge is 2.15. The van der Waals surface area contributed by atoms with Crippen LogP contribution in [0, 0.1) is 11.8 Å². The molecule has 0 N–H and O–H groups in total. The van der Waals surface area contributed by atoms with Gasteiger partial charge in [-0.05, 0) is 57.5 Å². The molecule has 0 bridgehead atoms. The predicted molar refractivity (Wildman–Crippen MR) is 67.8 cm³/mol. The third-order valence-corrected chi connectivity index (χ3v) is 3.31. The van der Waals surface area contributed by atoms with Gasteiger partial charge in [-0.15, -0.1) is 0 Å². The van der Waals surface area contributed by atoms with Crippen LogP contribution in [-0.2, 0) is 0 Å². The van der Waals surface area contributed by atoms with E-state index >= 15 is 0 Å². The first-order valence-electron chi connectivity index (χ1n) is 6.39. The summed E-state index contributed by atoms with van der Waals surface area (Å²) in [4.78, 5) is 2.39. The van der Waals surface area contributed by atoms with Gasteiger partial charge < -0.3 is 4.90 Å². The van der Waals surface area contributed by atoms with Crippen LogP contribution in [0.15, 0.2) is 12.2 Å². The minimum absolute atomic E-state index is 0.851. The van der Waals surface area contributed by atoms with Crippen LogP contribution in [0.25, 0.3) is 0 Å². The number of allylic oxidation sites excluding steroid dienone is 1. The molecular formula is C14H26N. The molecule has 87 valence electrons. The van der Waals surface area contributed by atoms with Crippen LogP contribution in [0.4, 0.5) is 0 Å². The van der Waals surface area contributed by atoms with Crippen LogP contribution < -0.4 is 0 Å². The Morgan fingerprint density at radius 1 is 1.33 bits per heavy atom. The van der Waals surface area contributed by atoms with E-state index in [2.05, 4.69) is 37.9 Å². The van der Waals surface area contributed by atoms with Gasteiger partial charge in [0.1, 0.15) is 0 Å². The maximum Gasteiger partial charge on any atom is 0.0160 e. The van der Waals surface area contributed by atoms with Crippen molar-refractivity contribution in [1.29, 1.82) is 0 Å². The van der Waals surface area contributed by atoms with Gasteiger partial charge in [0.2, 0.25) is 0 Å². The molecule has 0 aliphatic heterocycles. The van der Waals surface area contributed by atoms with Crippen LogP contribution >= 0.6 is 0 Å². The van der Waals surface area contributed by atoms with Gasteiger partial charge in [-0.25, -0.2) is 0 Å². The average Bonchev–Trinajstić information content (AvgIpc) is 2.21. The maximum absolute atomic E-state index is 2.44. The maximum atomic E-state index is 2.44. The Kier molecular flexibility index (Phi) is 6.00. The molecule has 0 atom stereocenters. The number of hydrogen-bond acceptors (Lipinski definition) is 1. The summed E-state index contributed by atoms with van der Waals surface area (Å²) in [6.45, 7) is 6.86. The average molecular weight is 208 g/mol. The molecule has 1 radical (unpaired) electrons. The van der Waals surface area contributed by atoms with Crippen molar-refractivity contribution < 1.29 is 0 Å². The van der Waals surface area contributed by atoms with Crippen LogP contribution in [0.5, 0.6) is 0 Å². The Morgan fingerprint density at radius 2 is 2.00 bits per heavy atom. The largest absolute Gasteiger partial charge is 0.303 e. The van der Waals surface area contributed by atoms with Gasteiger partial charge >= 0.3 is 0 Å². The standard InChI is InChI=1S/C14H26N/c1-4-11-15(3)12-5-6-14-9-7-13(2)8-10-14/h5-6,14H,4,7-12H2,1-3H3. The van der Waals surface area contributed by atoms with Crippen molar-refractivity contribution in [3.8, 4) is 0 Å². The lowest BCUT2D eigenvalue weighted by Gasteiger charge is -2.23. The van der Waals surface area contributed by atoms with Gasteiger partial charge in [0.25, 0.3) is 0 Å². The van der Waals surface area contributed by atoms with Gasteiger partial charge in [0.05, 0.1) is 0 Å². The minimum atomic E-state index is 0.851. The van der Waals surface area contributed by atoms with Gasteiger partial charge in [-0.1, -0.05) is 26.0 Å². The Labute approximate surface area is 95.5 Å². The zero-order valence-corrected chi connectivity index (χ0v) is 10.6.